The summed E-state index contributed by atoms with van der Waals surface area (Å²) in [6.07, 6.45) is 1.45. The van der Waals surface area contributed by atoms with E-state index in [0.29, 0.717) is 37.4 Å². The summed E-state index contributed by atoms with van der Waals surface area (Å²) in [7, 11) is -3.47. The van der Waals surface area contributed by atoms with Gasteiger partial charge >= 0.3 is 0 Å². The molecule has 0 spiro atoms. The van der Waals surface area contributed by atoms with Gasteiger partial charge in [0.25, 0.3) is 11.5 Å². The minimum absolute atomic E-state index is 0.0101. The molecule has 0 aliphatic carbocycles. The molecule has 1 fully saturated rings. The highest BCUT2D eigenvalue weighted by molar-refractivity contribution is 7.88. The van der Waals surface area contributed by atoms with Crippen molar-refractivity contribution in [2.75, 3.05) is 26.3 Å². The fraction of sp³-hybridized carbons (Fsp3) is 0.333. The molecule has 2 heterocycles. The van der Waals surface area contributed by atoms with E-state index in [0.717, 1.165) is 0 Å². The number of nitrogens with zero attached hydrogens (tertiary/aromatic N) is 1. The number of benzene rings is 1. The van der Waals surface area contributed by atoms with E-state index in [-0.39, 0.29) is 17.9 Å². The average Bonchev–Trinajstić information content (AvgIpc) is 2.68. The number of amides is 1. The Morgan fingerprint density at radius 1 is 1.11 bits per heavy atom. The number of aromatic amines is 1. The number of nitrogens with one attached hydrogen (secondary N) is 2. The molecule has 1 saturated heterocycles. The molecule has 1 aliphatic rings. The van der Waals surface area contributed by atoms with Gasteiger partial charge in [-0.15, -0.1) is 0 Å². The first-order valence-corrected chi connectivity index (χ1v) is 10.2. The number of pyridine rings is 1. The van der Waals surface area contributed by atoms with E-state index in [1.807, 2.05) is 0 Å². The van der Waals surface area contributed by atoms with E-state index >= 15 is 0 Å². The Morgan fingerprint density at radius 2 is 1.81 bits per heavy atom. The van der Waals surface area contributed by atoms with Crippen LogP contribution in [0.1, 0.15) is 21.5 Å². The van der Waals surface area contributed by atoms with Crippen molar-refractivity contribution < 1.29 is 17.9 Å². The van der Waals surface area contributed by atoms with Crippen LogP contribution in [0.15, 0.2) is 47.4 Å². The average molecular weight is 391 g/mol. The molecule has 144 valence electrons. The van der Waals surface area contributed by atoms with Crippen LogP contribution < -0.4 is 10.9 Å². The topological polar surface area (TPSA) is 109 Å². The van der Waals surface area contributed by atoms with Gasteiger partial charge in [-0.05, 0) is 23.3 Å². The van der Waals surface area contributed by atoms with Crippen LogP contribution in [0.2, 0.25) is 0 Å². The Labute approximate surface area is 157 Å². The summed E-state index contributed by atoms with van der Waals surface area (Å²) in [6, 6.07) is 10.0. The normalized spacial score (nSPS) is 15.4. The number of H-pyrrole nitrogens is 1. The maximum absolute atomic E-state index is 12.6. The standard InChI is InChI=1S/C18H21N3O5S/c22-17-16(6-3-7-19-17)18(23)20-12-14-4-1-2-5-15(14)13-27(24,25)21-8-10-26-11-9-21/h1-7H,8-13H2,(H,19,22)(H,20,23). The number of hydrogen-bond donors (Lipinski definition) is 2. The van der Waals surface area contributed by atoms with Gasteiger partial charge in [-0.3, -0.25) is 9.59 Å². The monoisotopic (exact) mass is 391 g/mol. The summed E-state index contributed by atoms with van der Waals surface area (Å²) in [4.78, 5) is 26.3. The van der Waals surface area contributed by atoms with Crippen molar-refractivity contribution in [3.05, 3.63) is 69.6 Å². The number of sulfonamides is 1. The van der Waals surface area contributed by atoms with Crippen LogP contribution in [0.4, 0.5) is 0 Å². The number of carbonyl (C=O) groups excluding carboxylic acids is 1. The van der Waals surface area contributed by atoms with Crippen LogP contribution >= 0.6 is 0 Å². The summed E-state index contributed by atoms with van der Waals surface area (Å²) in [5.41, 5.74) is 0.843. The highest BCUT2D eigenvalue weighted by Crippen LogP contribution is 2.16. The summed E-state index contributed by atoms with van der Waals surface area (Å²) in [6.45, 7) is 1.60. The molecule has 0 radical (unpaired) electrons. The van der Waals surface area contributed by atoms with Crippen molar-refractivity contribution in [2.45, 2.75) is 12.3 Å². The maximum atomic E-state index is 12.6. The van der Waals surface area contributed by atoms with Gasteiger partial charge in [-0.25, -0.2) is 8.42 Å². The van der Waals surface area contributed by atoms with Crippen molar-refractivity contribution in [1.29, 1.82) is 0 Å². The second-order valence-electron chi connectivity index (χ2n) is 6.13. The molecule has 8 nitrogen and oxygen atoms in total. The molecule has 1 amide bonds. The van der Waals surface area contributed by atoms with E-state index in [9.17, 15) is 18.0 Å². The Hall–Kier alpha value is -2.49. The van der Waals surface area contributed by atoms with Crippen molar-refractivity contribution in [3.63, 3.8) is 0 Å². The summed E-state index contributed by atoms with van der Waals surface area (Å²) in [5, 5.41) is 2.67. The van der Waals surface area contributed by atoms with Gasteiger partial charge in [-0.2, -0.15) is 4.31 Å². The van der Waals surface area contributed by atoms with Gasteiger partial charge < -0.3 is 15.0 Å². The summed E-state index contributed by atoms with van der Waals surface area (Å²) >= 11 is 0. The third-order valence-corrected chi connectivity index (χ3v) is 6.15. The molecule has 3 rings (SSSR count). The van der Waals surface area contributed by atoms with Crippen LogP contribution in [-0.4, -0.2) is 49.9 Å². The smallest absolute Gasteiger partial charge is 0.260 e. The summed E-state index contributed by atoms with van der Waals surface area (Å²) in [5.74, 6) is -0.659. The van der Waals surface area contributed by atoms with E-state index < -0.39 is 21.5 Å². The third-order valence-electron chi connectivity index (χ3n) is 4.32. The van der Waals surface area contributed by atoms with Gasteiger partial charge in [0, 0.05) is 25.8 Å². The van der Waals surface area contributed by atoms with Gasteiger partial charge in [0.05, 0.1) is 19.0 Å². The number of carbonyl (C=O) groups is 1. The molecule has 2 aromatic rings. The zero-order chi connectivity index (χ0) is 19.3. The van der Waals surface area contributed by atoms with E-state index in [1.165, 1.54) is 16.6 Å². The van der Waals surface area contributed by atoms with Crippen molar-refractivity contribution in [3.8, 4) is 0 Å². The van der Waals surface area contributed by atoms with Crippen molar-refractivity contribution in [1.82, 2.24) is 14.6 Å². The highest BCUT2D eigenvalue weighted by Gasteiger charge is 2.25. The lowest BCUT2D eigenvalue weighted by molar-refractivity contribution is 0.0729. The first kappa shape index (κ1) is 19.3. The van der Waals surface area contributed by atoms with Gasteiger partial charge in [-0.1, -0.05) is 24.3 Å². The number of ether oxygens (including phenoxy) is 1. The lowest BCUT2D eigenvalue weighted by Gasteiger charge is -2.26. The molecule has 2 N–H and O–H groups in total. The van der Waals surface area contributed by atoms with Crippen LogP contribution in [-0.2, 0) is 27.1 Å². The Bertz CT molecular complexity index is 965. The number of morpholine rings is 1. The van der Waals surface area contributed by atoms with Gasteiger partial charge in [0.2, 0.25) is 10.0 Å². The van der Waals surface area contributed by atoms with E-state index in [1.54, 1.807) is 30.3 Å². The zero-order valence-electron chi connectivity index (χ0n) is 14.7. The lowest BCUT2D eigenvalue weighted by atomic mass is 10.1. The van der Waals surface area contributed by atoms with Crippen molar-refractivity contribution >= 4 is 15.9 Å². The molecule has 1 aromatic carbocycles. The van der Waals surface area contributed by atoms with Gasteiger partial charge in [0.15, 0.2) is 0 Å². The van der Waals surface area contributed by atoms with E-state index in [2.05, 4.69) is 10.3 Å². The second-order valence-corrected chi connectivity index (χ2v) is 8.10. The molecule has 27 heavy (non-hydrogen) atoms. The fourth-order valence-electron chi connectivity index (χ4n) is 2.85. The summed E-state index contributed by atoms with van der Waals surface area (Å²) < 4.78 is 31.9. The molecule has 0 saturated carbocycles. The Morgan fingerprint density at radius 3 is 2.52 bits per heavy atom. The van der Waals surface area contributed by atoms with Crippen LogP contribution in [0.25, 0.3) is 0 Å². The highest BCUT2D eigenvalue weighted by atomic mass is 32.2. The second kappa shape index (κ2) is 8.47. The number of hydrogen-bond acceptors (Lipinski definition) is 5. The van der Waals surface area contributed by atoms with Crippen LogP contribution in [0.5, 0.6) is 0 Å². The maximum Gasteiger partial charge on any atom is 0.260 e. The SMILES string of the molecule is O=C(NCc1ccccc1CS(=O)(=O)N1CCOCC1)c1ccc[nH]c1=O. The predicted molar refractivity (Wildman–Crippen MR) is 99.7 cm³/mol. The molecule has 0 unspecified atom stereocenters. The van der Waals surface area contributed by atoms with Gasteiger partial charge in [0.1, 0.15) is 5.56 Å². The predicted octanol–water partition coefficient (Wildman–Crippen LogP) is 0.467. The largest absolute Gasteiger partial charge is 0.379 e. The molecule has 0 bridgehead atoms. The molecule has 1 aromatic heterocycles. The molecule has 9 heteroatoms. The first-order chi connectivity index (χ1) is 13.0. The van der Waals surface area contributed by atoms with Crippen LogP contribution in [0, 0.1) is 0 Å². The Kier molecular flexibility index (Phi) is 6.04. The minimum Gasteiger partial charge on any atom is -0.379 e. The van der Waals surface area contributed by atoms with Crippen LogP contribution in [0.3, 0.4) is 0 Å². The third kappa shape index (κ3) is 4.82. The Balaban J connectivity index is 1.71. The van der Waals surface area contributed by atoms with E-state index in [4.69, 9.17) is 4.74 Å². The minimum atomic E-state index is -3.47. The molecule has 0 atom stereocenters. The molecule has 1 aliphatic heterocycles. The number of aromatic nitrogens is 1. The quantitative estimate of drug-likeness (QED) is 0.744. The van der Waals surface area contributed by atoms with Crippen molar-refractivity contribution in [2.24, 2.45) is 0 Å². The lowest BCUT2D eigenvalue weighted by Crippen LogP contribution is -2.41. The fourth-order valence-corrected chi connectivity index (χ4v) is 4.42. The first-order valence-electron chi connectivity index (χ1n) is 8.55. The zero-order valence-corrected chi connectivity index (χ0v) is 15.5. The molecular weight excluding hydrogens is 370 g/mol. The molecular formula is C18H21N3O5S. The number of rotatable bonds is 6.